The van der Waals surface area contributed by atoms with Crippen molar-refractivity contribution in [2.75, 3.05) is 18.8 Å². The Bertz CT molecular complexity index is 1130. The molecule has 0 saturated heterocycles. The summed E-state index contributed by atoms with van der Waals surface area (Å²) in [5, 5.41) is 0.691. The summed E-state index contributed by atoms with van der Waals surface area (Å²) in [6.07, 6.45) is 0. The van der Waals surface area contributed by atoms with E-state index in [1.54, 1.807) is 30.3 Å². The number of hydrogen-bond acceptors (Lipinski definition) is 6. The van der Waals surface area contributed by atoms with E-state index in [4.69, 9.17) is 11.6 Å². The van der Waals surface area contributed by atoms with Gasteiger partial charge in [-0.15, -0.1) is 11.3 Å². The van der Waals surface area contributed by atoms with Crippen molar-refractivity contribution in [1.82, 2.24) is 13.9 Å². The fraction of sp³-hybridized carbons (Fsp3) is 0.368. The maximum atomic E-state index is 12.8. The predicted octanol–water partition coefficient (Wildman–Crippen LogP) is 4.78. The number of halogens is 1. The largest absolute Gasteiger partial charge is 0.319 e. The van der Waals surface area contributed by atoms with Gasteiger partial charge in [-0.3, -0.25) is 4.79 Å². The smallest absolute Gasteiger partial charge is 0.243 e. The summed E-state index contributed by atoms with van der Waals surface area (Å²) < 4.78 is 29.6. The highest BCUT2D eigenvalue weighted by atomic mass is 35.5. The number of hydrogen-bond donors (Lipinski definition) is 0. The number of carbonyl (C=O) groups excluding carboxylic acids is 1. The van der Waals surface area contributed by atoms with Crippen LogP contribution in [0.1, 0.15) is 30.4 Å². The van der Waals surface area contributed by atoms with Crippen LogP contribution >= 0.6 is 34.7 Å². The number of imidazole rings is 1. The highest BCUT2D eigenvalue weighted by molar-refractivity contribution is 7.99. The van der Waals surface area contributed by atoms with Gasteiger partial charge in [-0.1, -0.05) is 37.2 Å². The van der Waals surface area contributed by atoms with Gasteiger partial charge in [-0.05, 0) is 37.3 Å². The Morgan fingerprint density at radius 1 is 1.21 bits per heavy atom. The monoisotopic (exact) mass is 471 g/mol. The van der Waals surface area contributed by atoms with Gasteiger partial charge in [-0.2, -0.15) is 4.31 Å². The van der Waals surface area contributed by atoms with Crippen molar-refractivity contribution in [3.63, 3.8) is 0 Å². The van der Waals surface area contributed by atoms with Gasteiger partial charge in [0.15, 0.2) is 10.9 Å². The Balaban J connectivity index is 1.90. The molecule has 0 fully saturated rings. The summed E-state index contributed by atoms with van der Waals surface area (Å²) in [6.45, 7) is 7.12. The first-order valence-electron chi connectivity index (χ1n) is 9.23. The van der Waals surface area contributed by atoms with Crippen molar-refractivity contribution in [1.29, 1.82) is 0 Å². The van der Waals surface area contributed by atoms with Crippen molar-refractivity contribution in [2.45, 2.75) is 37.4 Å². The molecule has 2 heterocycles. The third-order valence-corrected chi connectivity index (χ3v) is 8.82. The Kier molecular flexibility index (Phi) is 7.06. The van der Waals surface area contributed by atoms with Gasteiger partial charge >= 0.3 is 0 Å². The van der Waals surface area contributed by atoms with E-state index in [0.29, 0.717) is 39.5 Å². The summed E-state index contributed by atoms with van der Waals surface area (Å²) >= 11 is 8.51. The van der Waals surface area contributed by atoms with Gasteiger partial charge < -0.3 is 4.57 Å². The van der Waals surface area contributed by atoms with Crippen LogP contribution in [0.15, 0.2) is 40.4 Å². The number of rotatable bonds is 9. The number of nitrogens with zero attached hydrogens (tertiary/aromatic N) is 3. The number of ketones is 1. The fourth-order valence-electron chi connectivity index (χ4n) is 3.04. The van der Waals surface area contributed by atoms with Gasteiger partial charge in [0.25, 0.3) is 0 Å². The molecule has 156 valence electrons. The first-order valence-corrected chi connectivity index (χ1v) is 12.9. The molecule has 10 heteroatoms. The van der Waals surface area contributed by atoms with Crippen LogP contribution in [0, 0.1) is 0 Å². The van der Waals surface area contributed by atoms with E-state index in [1.807, 2.05) is 25.3 Å². The number of sulfonamides is 1. The summed E-state index contributed by atoms with van der Waals surface area (Å²) in [5.41, 5.74) is 1.45. The van der Waals surface area contributed by atoms with Crippen LogP contribution in [0.4, 0.5) is 0 Å². The molecule has 3 rings (SSSR count). The second-order valence-electron chi connectivity index (χ2n) is 6.19. The third-order valence-electron chi connectivity index (χ3n) is 4.52. The van der Waals surface area contributed by atoms with Gasteiger partial charge in [0.2, 0.25) is 10.0 Å². The first-order chi connectivity index (χ1) is 13.8. The molecule has 0 N–H and O–H groups in total. The molecule has 6 nitrogen and oxygen atoms in total. The second-order valence-corrected chi connectivity index (χ2v) is 10.8. The molecule has 29 heavy (non-hydrogen) atoms. The number of Topliss-reactive ketones (excluding diaryl/α,β-unsaturated/α-hetero) is 1. The van der Waals surface area contributed by atoms with E-state index in [9.17, 15) is 13.2 Å². The molecule has 0 bridgehead atoms. The molecular weight excluding hydrogens is 450 g/mol. The number of aromatic nitrogens is 2. The van der Waals surface area contributed by atoms with Gasteiger partial charge in [0.05, 0.1) is 30.9 Å². The normalized spacial score (nSPS) is 12.2. The molecule has 1 aromatic carbocycles. The molecule has 0 atom stereocenters. The average molecular weight is 472 g/mol. The number of benzene rings is 1. The van der Waals surface area contributed by atoms with Crippen molar-refractivity contribution < 1.29 is 13.2 Å². The predicted molar refractivity (Wildman–Crippen MR) is 120 cm³/mol. The Morgan fingerprint density at radius 3 is 2.52 bits per heavy atom. The minimum absolute atomic E-state index is 0.00795. The SMILES string of the molecule is CCN(CC)S(=O)(=O)c1ccc2c(c1)nc(SCC(=O)c1ccc(Cl)s1)n2CC. The highest BCUT2D eigenvalue weighted by Crippen LogP contribution is 2.29. The van der Waals surface area contributed by atoms with Crippen LogP contribution < -0.4 is 0 Å². The zero-order valence-electron chi connectivity index (χ0n) is 16.4. The standard InChI is InChI=1S/C19H22ClN3O3S3/c1-4-22(5-2)29(25,26)13-7-8-15-14(11-13)21-19(23(15)6-3)27-12-16(24)17-9-10-18(20)28-17/h7-11H,4-6,12H2,1-3H3. The lowest BCUT2D eigenvalue weighted by molar-refractivity contribution is 0.102. The molecule has 3 aromatic rings. The molecule has 0 spiro atoms. The molecule has 0 radical (unpaired) electrons. The topological polar surface area (TPSA) is 72.3 Å². The van der Waals surface area contributed by atoms with E-state index in [2.05, 4.69) is 4.98 Å². The van der Waals surface area contributed by atoms with Crippen molar-refractivity contribution in [3.05, 3.63) is 39.5 Å². The molecule has 0 saturated carbocycles. The van der Waals surface area contributed by atoms with Crippen molar-refractivity contribution in [2.24, 2.45) is 0 Å². The first kappa shape index (κ1) is 22.3. The summed E-state index contributed by atoms with van der Waals surface area (Å²) in [5.74, 6) is 0.233. The van der Waals surface area contributed by atoms with Crippen molar-refractivity contribution >= 4 is 61.5 Å². The molecular formula is C19H22ClN3O3S3. The molecule has 0 aliphatic heterocycles. The second kappa shape index (κ2) is 9.18. The fourth-order valence-corrected chi connectivity index (χ4v) is 6.55. The summed E-state index contributed by atoms with van der Waals surface area (Å²) in [4.78, 5) is 17.8. The minimum atomic E-state index is -3.55. The Hall–Kier alpha value is -1.39. The molecule has 0 amide bonds. The Labute approximate surface area is 183 Å². The number of aryl methyl sites for hydroxylation is 1. The maximum absolute atomic E-state index is 12.8. The van der Waals surface area contributed by atoms with Crippen LogP contribution in [-0.2, 0) is 16.6 Å². The molecule has 0 aliphatic carbocycles. The van der Waals surface area contributed by atoms with Gasteiger partial charge in [0.1, 0.15) is 0 Å². The van der Waals surface area contributed by atoms with Crippen LogP contribution in [0.2, 0.25) is 4.34 Å². The molecule has 0 unspecified atom stereocenters. The van der Waals surface area contributed by atoms with Crippen LogP contribution in [0.3, 0.4) is 0 Å². The third kappa shape index (κ3) is 4.54. The lowest BCUT2D eigenvalue weighted by Gasteiger charge is -2.18. The van der Waals surface area contributed by atoms with Crippen LogP contribution in [-0.4, -0.2) is 46.9 Å². The zero-order chi connectivity index (χ0) is 21.2. The van der Waals surface area contributed by atoms with Crippen LogP contribution in [0.5, 0.6) is 0 Å². The summed E-state index contributed by atoms with van der Waals surface area (Å²) in [7, 11) is -3.55. The quantitative estimate of drug-likeness (QED) is 0.332. The van der Waals surface area contributed by atoms with E-state index >= 15 is 0 Å². The zero-order valence-corrected chi connectivity index (χ0v) is 19.6. The van der Waals surface area contributed by atoms with Crippen molar-refractivity contribution in [3.8, 4) is 0 Å². The number of carbonyl (C=O) groups is 1. The van der Waals surface area contributed by atoms with E-state index < -0.39 is 10.0 Å². The van der Waals surface area contributed by atoms with Gasteiger partial charge in [0, 0.05) is 19.6 Å². The van der Waals surface area contributed by atoms with E-state index in [-0.39, 0.29) is 16.4 Å². The van der Waals surface area contributed by atoms with E-state index in [1.165, 1.54) is 27.4 Å². The minimum Gasteiger partial charge on any atom is -0.319 e. The lowest BCUT2D eigenvalue weighted by atomic mass is 10.3. The molecule has 2 aromatic heterocycles. The maximum Gasteiger partial charge on any atom is 0.243 e. The average Bonchev–Trinajstić information content (AvgIpc) is 3.29. The van der Waals surface area contributed by atoms with Crippen LogP contribution in [0.25, 0.3) is 11.0 Å². The van der Waals surface area contributed by atoms with Gasteiger partial charge in [-0.25, -0.2) is 13.4 Å². The Morgan fingerprint density at radius 2 is 1.93 bits per heavy atom. The number of fused-ring (bicyclic) bond motifs is 1. The highest BCUT2D eigenvalue weighted by Gasteiger charge is 2.23. The molecule has 0 aliphatic rings. The summed E-state index contributed by atoms with van der Waals surface area (Å²) in [6, 6.07) is 8.45. The number of thiophene rings is 1. The number of thioether (sulfide) groups is 1. The van der Waals surface area contributed by atoms with E-state index in [0.717, 1.165) is 5.52 Å². The lowest BCUT2D eigenvalue weighted by Crippen LogP contribution is -2.30.